The van der Waals surface area contributed by atoms with Crippen molar-refractivity contribution < 1.29 is 29.0 Å². The molecule has 47 heavy (non-hydrogen) atoms. The zero-order valence-corrected chi connectivity index (χ0v) is 27.6. The van der Waals surface area contributed by atoms with Crippen LogP contribution < -0.4 is 20.7 Å². The van der Waals surface area contributed by atoms with Crippen LogP contribution in [-0.4, -0.2) is 84.5 Å². The average Bonchev–Trinajstić information content (AvgIpc) is 3.06. The molecule has 0 aliphatic carbocycles. The number of nitrogens with zero attached hydrogens (tertiary/aromatic N) is 2. The Balaban J connectivity index is 1.58. The normalized spacial score (nSPS) is 19.7. The lowest BCUT2D eigenvalue weighted by molar-refractivity contribution is -0.0115. The predicted molar refractivity (Wildman–Crippen MR) is 184 cm³/mol. The molecule has 0 bridgehead atoms. The highest BCUT2D eigenvalue weighted by Gasteiger charge is 2.31. The van der Waals surface area contributed by atoms with Crippen LogP contribution in [-0.2, 0) is 4.74 Å². The van der Waals surface area contributed by atoms with E-state index >= 15 is 0 Å². The number of carbonyl (C=O) groups is 3. The highest BCUT2D eigenvalue weighted by atomic mass is 16.5. The highest BCUT2D eigenvalue weighted by molar-refractivity contribution is 6.02. The van der Waals surface area contributed by atoms with E-state index < -0.39 is 12.1 Å². The number of benzene rings is 3. The van der Waals surface area contributed by atoms with Crippen LogP contribution in [0.15, 0.2) is 78.9 Å². The van der Waals surface area contributed by atoms with Gasteiger partial charge in [-0.1, -0.05) is 43.3 Å². The second-order valence-electron chi connectivity index (χ2n) is 12.1. The van der Waals surface area contributed by atoms with Gasteiger partial charge in [0.05, 0.1) is 30.4 Å². The molecular formula is C36H47N5O6. The van der Waals surface area contributed by atoms with E-state index in [1.807, 2.05) is 62.4 Å². The lowest BCUT2D eigenvalue weighted by Gasteiger charge is -2.35. The molecule has 3 aromatic rings. The number of hydrogen-bond acceptors (Lipinski definition) is 6. The maximum atomic E-state index is 14.3. The Hall–Kier alpha value is -4.61. The van der Waals surface area contributed by atoms with Gasteiger partial charge in [-0.2, -0.15) is 0 Å². The number of hydrogen-bond donors (Lipinski definition) is 4. The molecule has 1 heterocycles. The van der Waals surface area contributed by atoms with Gasteiger partial charge in [-0.3, -0.25) is 4.79 Å². The number of ether oxygens (including phenoxy) is 2. The minimum absolute atomic E-state index is 0.184. The molecule has 0 saturated carbocycles. The summed E-state index contributed by atoms with van der Waals surface area (Å²) in [6.07, 6.45) is 1.83. The van der Waals surface area contributed by atoms with Crippen LogP contribution in [0.4, 0.5) is 26.7 Å². The smallest absolute Gasteiger partial charge is 0.323 e. The zero-order valence-electron chi connectivity index (χ0n) is 27.6. The molecule has 1 aliphatic heterocycles. The maximum absolute atomic E-state index is 14.3. The summed E-state index contributed by atoms with van der Waals surface area (Å²) in [5, 5.41) is 18.7. The summed E-state index contributed by atoms with van der Waals surface area (Å²) in [4.78, 5) is 43.3. The summed E-state index contributed by atoms with van der Waals surface area (Å²) in [5.41, 5.74) is 2.02. The summed E-state index contributed by atoms with van der Waals surface area (Å²) < 4.78 is 12.6. The molecule has 0 unspecified atom stereocenters. The maximum Gasteiger partial charge on any atom is 0.323 e. The van der Waals surface area contributed by atoms with E-state index in [2.05, 4.69) is 16.0 Å². The van der Waals surface area contributed by atoms with Crippen molar-refractivity contribution >= 4 is 35.0 Å². The zero-order chi connectivity index (χ0) is 33.8. The number of urea groups is 2. The number of aliphatic hydroxyl groups is 1. The molecule has 4 atom stereocenters. The predicted octanol–water partition coefficient (Wildman–Crippen LogP) is 6.29. The topological polar surface area (TPSA) is 132 Å². The Morgan fingerprint density at radius 1 is 0.936 bits per heavy atom. The molecule has 0 radical (unpaired) electrons. The number of amides is 5. The minimum atomic E-state index is -0.527. The third-order valence-electron chi connectivity index (χ3n) is 8.17. The molecule has 3 aromatic carbocycles. The molecule has 11 heteroatoms. The molecule has 11 nitrogen and oxygen atoms in total. The molecule has 1 aliphatic rings. The number of aliphatic hydroxyl groups excluding tert-OH is 1. The number of carbonyl (C=O) groups excluding carboxylic acids is 3. The van der Waals surface area contributed by atoms with Crippen molar-refractivity contribution in [1.29, 1.82) is 0 Å². The van der Waals surface area contributed by atoms with Gasteiger partial charge in [-0.05, 0) is 75.6 Å². The minimum Gasteiger partial charge on any atom is -0.490 e. The van der Waals surface area contributed by atoms with Gasteiger partial charge in [0, 0.05) is 49.7 Å². The van der Waals surface area contributed by atoms with E-state index in [0.717, 1.165) is 19.3 Å². The Labute approximate surface area is 277 Å². The van der Waals surface area contributed by atoms with Crippen LogP contribution in [0.5, 0.6) is 5.75 Å². The fraction of sp³-hybridized carbons (Fsp3) is 0.417. The monoisotopic (exact) mass is 645 g/mol. The van der Waals surface area contributed by atoms with Gasteiger partial charge in [-0.25, -0.2) is 9.59 Å². The van der Waals surface area contributed by atoms with Crippen LogP contribution in [0.1, 0.15) is 50.4 Å². The fourth-order valence-electron chi connectivity index (χ4n) is 5.37. The van der Waals surface area contributed by atoms with Gasteiger partial charge >= 0.3 is 12.1 Å². The molecule has 4 rings (SSSR count). The van der Waals surface area contributed by atoms with Gasteiger partial charge in [0.1, 0.15) is 5.75 Å². The number of rotatable bonds is 7. The molecule has 252 valence electrons. The summed E-state index contributed by atoms with van der Waals surface area (Å²) in [6.45, 7) is 6.51. The van der Waals surface area contributed by atoms with Crippen LogP contribution in [0.3, 0.4) is 0 Å². The molecule has 0 saturated heterocycles. The number of anilines is 3. The first kappa shape index (κ1) is 35.2. The number of fused-ring (bicyclic) bond motifs is 1. The van der Waals surface area contributed by atoms with Crippen LogP contribution in [0.2, 0.25) is 0 Å². The highest BCUT2D eigenvalue weighted by Crippen LogP contribution is 2.29. The summed E-state index contributed by atoms with van der Waals surface area (Å²) in [7, 11) is 1.72. The SMILES string of the molecule is C[C@H]1CCCCO[C@H](CN(C)C(=O)Nc2ccccc2)[C@@H](C)CN([C@@H](C)CO)C(=O)c2cc(NC(=O)Nc3ccccc3)ccc2O1. The van der Waals surface area contributed by atoms with Crippen molar-refractivity contribution in [2.24, 2.45) is 5.92 Å². The summed E-state index contributed by atoms with van der Waals surface area (Å²) in [5.74, 6) is -0.149. The number of nitrogens with one attached hydrogen (secondary N) is 3. The Morgan fingerprint density at radius 3 is 2.23 bits per heavy atom. The summed E-state index contributed by atoms with van der Waals surface area (Å²) in [6, 6.07) is 22.1. The number of para-hydroxylation sites is 2. The first-order valence-electron chi connectivity index (χ1n) is 16.2. The third-order valence-corrected chi connectivity index (χ3v) is 8.17. The van der Waals surface area contributed by atoms with Crippen LogP contribution in [0.25, 0.3) is 0 Å². The molecule has 4 N–H and O–H groups in total. The lowest BCUT2D eigenvalue weighted by Crippen LogP contribution is -2.48. The first-order valence-corrected chi connectivity index (χ1v) is 16.2. The van der Waals surface area contributed by atoms with E-state index in [9.17, 15) is 19.5 Å². The van der Waals surface area contributed by atoms with Gasteiger partial charge < -0.3 is 40.3 Å². The van der Waals surface area contributed by atoms with Crippen molar-refractivity contribution in [1.82, 2.24) is 9.80 Å². The average molecular weight is 646 g/mol. The molecule has 0 aromatic heterocycles. The van der Waals surface area contributed by atoms with Crippen molar-refractivity contribution in [3.05, 3.63) is 84.4 Å². The fourth-order valence-corrected chi connectivity index (χ4v) is 5.37. The number of likely N-dealkylation sites (N-methyl/N-ethyl adjacent to an activating group) is 1. The largest absolute Gasteiger partial charge is 0.490 e. The Kier molecular flexibility index (Phi) is 13.0. The second kappa shape index (κ2) is 17.3. The first-order chi connectivity index (χ1) is 22.6. The molecule has 5 amide bonds. The molecule has 0 fully saturated rings. The van der Waals surface area contributed by atoms with E-state index in [4.69, 9.17) is 9.47 Å². The Morgan fingerprint density at radius 2 is 1.57 bits per heavy atom. The van der Waals surface area contributed by atoms with Gasteiger partial charge in [-0.15, -0.1) is 0 Å². The van der Waals surface area contributed by atoms with Crippen molar-refractivity contribution in [2.45, 2.75) is 58.3 Å². The van der Waals surface area contributed by atoms with Gasteiger partial charge in [0.25, 0.3) is 5.91 Å². The van der Waals surface area contributed by atoms with Crippen LogP contribution >= 0.6 is 0 Å². The van der Waals surface area contributed by atoms with Crippen molar-refractivity contribution in [2.75, 3.05) is 49.3 Å². The van der Waals surface area contributed by atoms with E-state index in [-0.39, 0.29) is 48.8 Å². The Bertz CT molecular complexity index is 1460. The molecular weight excluding hydrogens is 598 g/mol. The van der Waals surface area contributed by atoms with E-state index in [0.29, 0.717) is 36.0 Å². The standard InChI is InChI=1S/C36H47N5O6/c1-25-22-41(26(2)24-42)34(43)31-21-30(38-35(44)37-28-14-7-5-8-15-28)18-19-32(31)47-27(3)13-11-12-20-46-33(25)23-40(4)36(45)39-29-16-9-6-10-17-29/h5-10,14-19,21,25-27,33,42H,11-13,20,22-24H2,1-4H3,(H,39,45)(H2,37,38,44)/t25-,26-,27-,33+/m0/s1. The van der Waals surface area contributed by atoms with E-state index in [1.54, 1.807) is 54.1 Å². The third kappa shape index (κ3) is 10.5. The summed E-state index contributed by atoms with van der Waals surface area (Å²) >= 11 is 0. The second-order valence-corrected chi connectivity index (χ2v) is 12.1. The quantitative estimate of drug-likeness (QED) is 0.239. The van der Waals surface area contributed by atoms with Gasteiger partial charge in [0.15, 0.2) is 0 Å². The van der Waals surface area contributed by atoms with Crippen molar-refractivity contribution in [3.63, 3.8) is 0 Å². The van der Waals surface area contributed by atoms with Crippen LogP contribution in [0, 0.1) is 5.92 Å². The lowest BCUT2D eigenvalue weighted by atomic mass is 10.0. The molecule has 0 spiro atoms. The van der Waals surface area contributed by atoms with E-state index in [1.165, 1.54) is 0 Å². The van der Waals surface area contributed by atoms with Gasteiger partial charge in [0.2, 0.25) is 0 Å². The van der Waals surface area contributed by atoms with Crippen molar-refractivity contribution in [3.8, 4) is 5.75 Å².